The van der Waals surface area contributed by atoms with E-state index in [0.29, 0.717) is 34.6 Å². The van der Waals surface area contributed by atoms with Gasteiger partial charge in [-0.15, -0.1) is 0 Å². The number of piperazine rings is 1. The number of nitrogens with zero attached hydrogens (tertiary/aromatic N) is 2. The number of amides is 2. The van der Waals surface area contributed by atoms with Crippen LogP contribution in [0.2, 0.25) is 0 Å². The predicted molar refractivity (Wildman–Crippen MR) is 149 cm³/mol. The fraction of sp³-hybridized carbons (Fsp3) is 0.533. The third kappa shape index (κ3) is 4.45. The highest BCUT2D eigenvalue weighted by atomic mass is 19.4. The molecule has 1 unspecified atom stereocenters. The minimum Gasteiger partial charge on any atom is -0.507 e. The number of hydrogen-bond donors (Lipinski definition) is 5. The van der Waals surface area contributed by atoms with E-state index in [0.717, 1.165) is 29.2 Å². The van der Waals surface area contributed by atoms with E-state index in [1.165, 1.54) is 0 Å². The molecule has 4 aliphatic rings. The van der Waals surface area contributed by atoms with Crippen LogP contribution in [0.4, 0.5) is 13.2 Å². The average Bonchev–Trinajstić information content (AvgIpc) is 3.45. The number of likely N-dealkylation sites (N-methyl/N-ethyl adjacent to an activating group) is 1. The Morgan fingerprint density at radius 1 is 1.05 bits per heavy atom. The van der Waals surface area contributed by atoms with Gasteiger partial charge in [-0.05, 0) is 64.3 Å². The van der Waals surface area contributed by atoms with Crippen LogP contribution in [0.1, 0.15) is 58.0 Å². The van der Waals surface area contributed by atoms with Crippen LogP contribution in [0.3, 0.4) is 0 Å². The monoisotopic (exact) mass is 620 g/mol. The quantitative estimate of drug-likeness (QED) is 0.347. The summed E-state index contributed by atoms with van der Waals surface area (Å²) in [6.45, 7) is 6.30. The molecule has 6 rings (SSSR count). The number of carbonyl (C=O) groups is 2. The normalized spacial score (nSPS) is 26.3. The summed E-state index contributed by atoms with van der Waals surface area (Å²) >= 11 is 0. The Morgan fingerprint density at radius 2 is 1.73 bits per heavy atom. The summed E-state index contributed by atoms with van der Waals surface area (Å²) in [5.74, 6) is -2.27. The Kier molecular flexibility index (Phi) is 7.17. The molecule has 2 aromatic rings. The van der Waals surface area contributed by atoms with E-state index < -0.39 is 54.4 Å². The van der Waals surface area contributed by atoms with Crippen LogP contribution in [-0.2, 0) is 22.4 Å². The van der Waals surface area contributed by atoms with Gasteiger partial charge in [-0.1, -0.05) is 6.07 Å². The number of rotatable bonds is 4. The van der Waals surface area contributed by atoms with Gasteiger partial charge in [0.1, 0.15) is 23.8 Å². The summed E-state index contributed by atoms with van der Waals surface area (Å²) in [5, 5.41) is 39.1. The highest BCUT2D eigenvalue weighted by Gasteiger charge is 2.56. The molecule has 11 nitrogen and oxygen atoms in total. The Hall–Kier alpha value is -3.75. The van der Waals surface area contributed by atoms with Gasteiger partial charge in [0, 0.05) is 34.8 Å². The van der Waals surface area contributed by atoms with Crippen LogP contribution in [0, 0.1) is 20.8 Å². The highest BCUT2D eigenvalue weighted by Crippen LogP contribution is 2.57. The molecule has 238 valence electrons. The number of phenols is 2. The number of hydrogen-bond acceptors (Lipinski definition) is 9. The van der Waals surface area contributed by atoms with Crippen LogP contribution in [0.15, 0.2) is 6.07 Å². The van der Waals surface area contributed by atoms with Crippen LogP contribution in [-0.4, -0.2) is 87.8 Å². The third-order valence-corrected chi connectivity index (χ3v) is 9.76. The van der Waals surface area contributed by atoms with Crippen molar-refractivity contribution in [1.82, 2.24) is 20.4 Å². The molecule has 1 fully saturated rings. The van der Waals surface area contributed by atoms with Crippen molar-refractivity contribution in [3.8, 4) is 23.0 Å². The molecule has 4 aliphatic heterocycles. The van der Waals surface area contributed by atoms with Crippen molar-refractivity contribution in [2.75, 3.05) is 20.4 Å². The van der Waals surface area contributed by atoms with Crippen molar-refractivity contribution in [2.45, 2.75) is 83.1 Å². The van der Waals surface area contributed by atoms with E-state index in [-0.39, 0.29) is 31.3 Å². The lowest BCUT2D eigenvalue weighted by molar-refractivity contribution is -0.175. The van der Waals surface area contributed by atoms with Gasteiger partial charge in [0.05, 0.1) is 18.1 Å². The second-order valence-corrected chi connectivity index (χ2v) is 12.1. The fourth-order valence-electron chi connectivity index (χ4n) is 7.41. The SMILES string of the molecule is Cc1cc2c(c(O)c1C)[C@@H]1C3Cc4c(O)c(C)c5c(c4[C@H](CNC(=O)[C@H](C)NC(=O)C(F)(F)F)N3[C@@H](O)[C@H](C2)N1C)OCO5. The zero-order valence-electron chi connectivity index (χ0n) is 24.9. The minimum absolute atomic E-state index is 0.0226. The van der Waals surface area contributed by atoms with Crippen LogP contribution >= 0.6 is 0 Å². The molecule has 5 N–H and O–H groups in total. The van der Waals surface area contributed by atoms with Gasteiger partial charge in [0.2, 0.25) is 12.7 Å². The standard InChI is InChI=1S/C30H35F3N4O7/c1-11-6-15-7-18-28(41)37-17(22(36(18)5)20(15)24(39)12(11)2)8-16-21(26-25(43-10-44-26)13(3)23(16)38)19(37)9-34-27(40)14(4)35-29(42)30(31,32)33/h6,14,17-19,22,28,38-39,41H,7-10H2,1-5H3,(H,34,40)(H,35,42)/t14-,17?,18-,19-,22-,28-/m0/s1. The average molecular weight is 621 g/mol. The number of nitrogens with one attached hydrogen (secondary N) is 2. The minimum atomic E-state index is -5.15. The zero-order valence-corrected chi connectivity index (χ0v) is 24.9. The van der Waals surface area contributed by atoms with Gasteiger partial charge in [-0.3, -0.25) is 19.4 Å². The second-order valence-electron chi connectivity index (χ2n) is 12.1. The van der Waals surface area contributed by atoms with Crippen LogP contribution in [0.25, 0.3) is 0 Å². The maximum atomic E-state index is 13.0. The summed E-state index contributed by atoms with van der Waals surface area (Å²) < 4.78 is 50.0. The van der Waals surface area contributed by atoms with Crippen molar-refractivity contribution < 1.29 is 47.6 Å². The van der Waals surface area contributed by atoms with Gasteiger partial charge in [-0.2, -0.15) is 13.2 Å². The predicted octanol–water partition coefficient (Wildman–Crippen LogP) is 2.13. The lowest BCUT2D eigenvalue weighted by Crippen LogP contribution is -2.69. The number of benzene rings is 2. The molecule has 2 aromatic carbocycles. The Balaban J connectivity index is 1.44. The van der Waals surface area contributed by atoms with E-state index in [1.807, 2.05) is 36.8 Å². The number of phenolic OH excluding ortho intramolecular Hbond substituents is 2. The number of aliphatic hydroxyl groups excluding tert-OH is 1. The molecule has 14 heteroatoms. The molecular formula is C30H35F3N4O7. The molecule has 2 amide bonds. The van der Waals surface area contributed by atoms with Crippen molar-refractivity contribution >= 4 is 11.8 Å². The van der Waals surface area contributed by atoms with E-state index in [4.69, 9.17) is 9.47 Å². The van der Waals surface area contributed by atoms with Crippen molar-refractivity contribution in [3.63, 3.8) is 0 Å². The fourth-order valence-corrected chi connectivity index (χ4v) is 7.41. The van der Waals surface area contributed by atoms with Gasteiger partial charge in [0.15, 0.2) is 11.5 Å². The van der Waals surface area contributed by atoms with Gasteiger partial charge >= 0.3 is 12.1 Å². The molecule has 0 spiro atoms. The topological polar surface area (TPSA) is 144 Å². The van der Waals surface area contributed by atoms with Crippen LogP contribution < -0.4 is 20.1 Å². The molecule has 2 bridgehead atoms. The highest BCUT2D eigenvalue weighted by molar-refractivity contribution is 5.89. The van der Waals surface area contributed by atoms with Crippen molar-refractivity contribution in [3.05, 3.63) is 45.0 Å². The Bertz CT molecular complexity index is 1560. The maximum Gasteiger partial charge on any atom is 0.471 e. The molecule has 4 heterocycles. The van der Waals surface area contributed by atoms with Gasteiger partial charge in [0.25, 0.3) is 0 Å². The summed E-state index contributed by atoms with van der Waals surface area (Å²) in [5.41, 5.74) is 4.82. The number of aromatic hydroxyl groups is 2. The number of alkyl halides is 3. The lowest BCUT2D eigenvalue weighted by atomic mass is 9.73. The number of fused-ring (bicyclic) bond motifs is 9. The Morgan fingerprint density at radius 3 is 2.41 bits per heavy atom. The van der Waals surface area contributed by atoms with Gasteiger partial charge < -0.3 is 35.4 Å². The zero-order chi connectivity index (χ0) is 32.0. The van der Waals surface area contributed by atoms with Gasteiger partial charge in [-0.25, -0.2) is 0 Å². The first-order chi connectivity index (χ1) is 20.6. The van der Waals surface area contributed by atoms with E-state index in [9.17, 15) is 38.1 Å². The number of ether oxygens (including phenoxy) is 2. The summed E-state index contributed by atoms with van der Waals surface area (Å²) in [4.78, 5) is 28.3. The molecule has 0 saturated carbocycles. The van der Waals surface area contributed by atoms with E-state index in [2.05, 4.69) is 5.32 Å². The molecule has 0 aromatic heterocycles. The number of halogens is 3. The van der Waals surface area contributed by atoms with Crippen molar-refractivity contribution in [1.29, 1.82) is 0 Å². The summed E-state index contributed by atoms with van der Waals surface area (Å²) in [6.07, 6.45) is -5.54. The number of carbonyl (C=O) groups excluding carboxylic acids is 2. The second kappa shape index (κ2) is 10.4. The third-order valence-electron chi connectivity index (χ3n) is 9.76. The molecule has 1 saturated heterocycles. The lowest BCUT2D eigenvalue weighted by Gasteiger charge is -2.60. The summed E-state index contributed by atoms with van der Waals surface area (Å²) in [7, 11) is 1.88. The van der Waals surface area contributed by atoms with E-state index >= 15 is 0 Å². The van der Waals surface area contributed by atoms with Crippen LogP contribution in [0.5, 0.6) is 23.0 Å². The largest absolute Gasteiger partial charge is 0.507 e. The molecule has 44 heavy (non-hydrogen) atoms. The number of aliphatic hydroxyl groups is 1. The number of aryl methyl sites for hydroxylation is 1. The molecule has 0 aliphatic carbocycles. The van der Waals surface area contributed by atoms with Crippen molar-refractivity contribution in [2.24, 2.45) is 0 Å². The smallest absolute Gasteiger partial charge is 0.471 e. The molecular weight excluding hydrogens is 585 g/mol. The first kappa shape index (κ1) is 30.3. The Labute approximate surface area is 251 Å². The summed E-state index contributed by atoms with van der Waals surface area (Å²) in [6, 6.07) is -1.60. The van der Waals surface area contributed by atoms with E-state index in [1.54, 1.807) is 12.2 Å². The first-order valence-electron chi connectivity index (χ1n) is 14.4. The first-order valence-corrected chi connectivity index (χ1v) is 14.4. The maximum absolute atomic E-state index is 13.0. The molecule has 6 atom stereocenters. The molecule has 0 radical (unpaired) electrons.